The molecule has 176 valence electrons. The number of hydrogen-bond acceptors (Lipinski definition) is 8. The normalized spacial score (nSPS) is 31.8. The van der Waals surface area contributed by atoms with E-state index in [-0.39, 0.29) is 23.3 Å². The summed E-state index contributed by atoms with van der Waals surface area (Å²) in [6.07, 6.45) is -2.10. The quantitative estimate of drug-likeness (QED) is 0.426. The highest BCUT2D eigenvalue weighted by molar-refractivity contribution is 6.24. The van der Waals surface area contributed by atoms with Gasteiger partial charge in [-0.3, -0.25) is 14.4 Å². The fraction of sp³-hybridized carbons (Fsp3) is 0.480. The second-order valence-corrected chi connectivity index (χ2v) is 10.5. The molecule has 0 bridgehead atoms. The van der Waals surface area contributed by atoms with Gasteiger partial charge in [-0.05, 0) is 23.0 Å². The molecule has 1 saturated carbocycles. The van der Waals surface area contributed by atoms with E-state index in [2.05, 4.69) is 0 Å². The Bertz CT molecular complexity index is 1150. The van der Waals surface area contributed by atoms with Crippen LogP contribution in [-0.2, 0) is 14.4 Å². The number of aliphatic hydroxyl groups is 4. The van der Waals surface area contributed by atoms with Crippen LogP contribution in [0.5, 0.6) is 5.75 Å². The van der Waals surface area contributed by atoms with Crippen molar-refractivity contribution in [3.05, 3.63) is 46.2 Å². The molecule has 1 fully saturated rings. The first-order chi connectivity index (χ1) is 15.2. The number of ketones is 3. The number of Topliss-reactive ketones (excluding diaryl/α,β-unsaturated/α-hetero) is 3. The van der Waals surface area contributed by atoms with Crippen LogP contribution < -0.4 is 0 Å². The van der Waals surface area contributed by atoms with E-state index in [1.807, 2.05) is 0 Å². The van der Waals surface area contributed by atoms with Gasteiger partial charge in [0.2, 0.25) is 5.78 Å². The molecule has 5 atom stereocenters. The average Bonchev–Trinajstić information content (AvgIpc) is 2.69. The number of benzene rings is 1. The summed E-state index contributed by atoms with van der Waals surface area (Å²) in [6, 6.07) is 4.56. The number of hydrogen-bond donors (Lipinski definition) is 5. The smallest absolute Gasteiger partial charge is 0.202 e. The largest absolute Gasteiger partial charge is 0.508 e. The predicted octanol–water partition coefficient (Wildman–Crippen LogP) is 2.48. The molecule has 0 heterocycles. The topological polar surface area (TPSA) is 152 Å². The predicted molar refractivity (Wildman–Crippen MR) is 117 cm³/mol. The minimum absolute atomic E-state index is 0.0123. The van der Waals surface area contributed by atoms with Crippen molar-refractivity contribution in [2.45, 2.75) is 58.2 Å². The summed E-state index contributed by atoms with van der Waals surface area (Å²) in [5, 5.41) is 54.9. The highest BCUT2D eigenvalue weighted by Gasteiger charge is 2.64. The zero-order valence-corrected chi connectivity index (χ0v) is 18.9. The van der Waals surface area contributed by atoms with Crippen LogP contribution in [0.1, 0.15) is 57.6 Å². The minimum atomic E-state index is -2.75. The van der Waals surface area contributed by atoms with Crippen LogP contribution in [0.25, 0.3) is 5.76 Å². The molecule has 4 rings (SSSR count). The third kappa shape index (κ3) is 3.15. The summed E-state index contributed by atoms with van der Waals surface area (Å²) in [6.45, 7) is 7.01. The fourth-order valence-electron chi connectivity index (χ4n) is 5.56. The van der Waals surface area contributed by atoms with Gasteiger partial charge in [0.25, 0.3) is 0 Å². The van der Waals surface area contributed by atoms with Gasteiger partial charge in [-0.1, -0.05) is 39.8 Å². The van der Waals surface area contributed by atoms with E-state index in [1.54, 1.807) is 39.8 Å². The van der Waals surface area contributed by atoms with Gasteiger partial charge >= 0.3 is 0 Å². The molecule has 0 aromatic heterocycles. The van der Waals surface area contributed by atoms with Crippen LogP contribution in [0.2, 0.25) is 0 Å². The summed E-state index contributed by atoms with van der Waals surface area (Å²) < 4.78 is 0. The van der Waals surface area contributed by atoms with E-state index in [0.717, 1.165) is 0 Å². The van der Waals surface area contributed by atoms with Gasteiger partial charge in [0.05, 0.1) is 11.7 Å². The minimum Gasteiger partial charge on any atom is -0.508 e. The Hall–Kier alpha value is -2.97. The van der Waals surface area contributed by atoms with Crippen LogP contribution in [0, 0.1) is 17.3 Å². The number of allylic oxidation sites excluding steroid dienone is 1. The molecule has 0 saturated heterocycles. The summed E-state index contributed by atoms with van der Waals surface area (Å²) >= 11 is 0. The van der Waals surface area contributed by atoms with Crippen LogP contribution in [-0.4, -0.2) is 54.6 Å². The first-order valence-electron chi connectivity index (χ1n) is 10.9. The second kappa shape index (κ2) is 7.27. The molecule has 3 aliphatic carbocycles. The van der Waals surface area contributed by atoms with Crippen molar-refractivity contribution in [2.24, 2.45) is 17.3 Å². The maximum absolute atomic E-state index is 13.6. The molecule has 33 heavy (non-hydrogen) atoms. The van der Waals surface area contributed by atoms with Crippen molar-refractivity contribution in [1.82, 2.24) is 0 Å². The maximum atomic E-state index is 13.6. The number of phenols is 1. The molecule has 0 radical (unpaired) electrons. The Morgan fingerprint density at radius 1 is 1.15 bits per heavy atom. The van der Waals surface area contributed by atoms with Gasteiger partial charge in [-0.25, -0.2) is 0 Å². The van der Waals surface area contributed by atoms with Crippen LogP contribution in [0.4, 0.5) is 0 Å². The van der Waals surface area contributed by atoms with Gasteiger partial charge in [0, 0.05) is 30.3 Å². The summed E-state index contributed by atoms with van der Waals surface area (Å²) in [5.41, 5.74) is -3.75. The molecule has 3 aliphatic rings. The number of carbonyl (C=O) groups excluding carboxylic acids is 3. The van der Waals surface area contributed by atoms with Gasteiger partial charge in [-0.2, -0.15) is 0 Å². The van der Waals surface area contributed by atoms with Crippen LogP contribution >= 0.6 is 0 Å². The third-order valence-corrected chi connectivity index (χ3v) is 7.09. The molecule has 0 aliphatic heterocycles. The van der Waals surface area contributed by atoms with E-state index in [4.69, 9.17) is 0 Å². The lowest BCUT2D eigenvalue weighted by Crippen LogP contribution is -2.63. The number of fused-ring (bicyclic) bond motifs is 3. The molecule has 5 N–H and O–H groups in total. The molecule has 0 spiro atoms. The highest BCUT2D eigenvalue weighted by atomic mass is 16.4. The van der Waals surface area contributed by atoms with E-state index >= 15 is 0 Å². The zero-order chi connectivity index (χ0) is 24.6. The van der Waals surface area contributed by atoms with E-state index in [1.165, 1.54) is 6.07 Å². The zero-order valence-electron chi connectivity index (χ0n) is 18.9. The van der Waals surface area contributed by atoms with Crippen molar-refractivity contribution in [1.29, 1.82) is 0 Å². The van der Waals surface area contributed by atoms with E-state index in [0.29, 0.717) is 5.56 Å². The Morgan fingerprint density at radius 2 is 1.79 bits per heavy atom. The Kier molecular flexibility index (Phi) is 5.11. The number of rotatable bonds is 2. The monoisotopic (exact) mass is 456 g/mol. The lowest BCUT2D eigenvalue weighted by Gasteiger charge is -2.50. The molecular weight excluding hydrogens is 428 g/mol. The maximum Gasteiger partial charge on any atom is 0.202 e. The Labute approximate surface area is 190 Å². The van der Waals surface area contributed by atoms with Crippen molar-refractivity contribution < 1.29 is 39.9 Å². The number of aromatic hydroxyl groups is 1. The van der Waals surface area contributed by atoms with Crippen LogP contribution in [0.3, 0.4) is 0 Å². The molecule has 8 nitrogen and oxygen atoms in total. The molecule has 0 unspecified atom stereocenters. The fourth-order valence-corrected chi connectivity index (χ4v) is 5.56. The highest BCUT2D eigenvalue weighted by Crippen LogP contribution is 2.55. The molecule has 0 amide bonds. The van der Waals surface area contributed by atoms with Gasteiger partial charge < -0.3 is 25.5 Å². The van der Waals surface area contributed by atoms with Crippen molar-refractivity contribution in [2.75, 3.05) is 0 Å². The number of aliphatic hydroxyl groups excluding tert-OH is 3. The first-order valence-corrected chi connectivity index (χ1v) is 10.9. The van der Waals surface area contributed by atoms with Gasteiger partial charge in [0.1, 0.15) is 22.8 Å². The van der Waals surface area contributed by atoms with Gasteiger partial charge in [0.15, 0.2) is 17.2 Å². The Balaban J connectivity index is 1.93. The molecular formula is C25H28O8. The summed E-state index contributed by atoms with van der Waals surface area (Å²) in [5.74, 6) is -7.44. The second-order valence-electron chi connectivity index (χ2n) is 10.5. The summed E-state index contributed by atoms with van der Waals surface area (Å²) in [4.78, 5) is 39.3. The lowest BCUT2D eigenvalue weighted by molar-refractivity contribution is -0.160. The van der Waals surface area contributed by atoms with Crippen molar-refractivity contribution >= 4 is 23.1 Å². The van der Waals surface area contributed by atoms with Crippen molar-refractivity contribution in [3.8, 4) is 5.75 Å². The molecule has 1 aromatic rings. The first kappa shape index (κ1) is 23.2. The van der Waals surface area contributed by atoms with Gasteiger partial charge in [-0.15, -0.1) is 0 Å². The molecule has 8 heteroatoms. The lowest BCUT2D eigenvalue weighted by atomic mass is 9.55. The number of phenolic OH excluding ortho intramolecular Hbond substituents is 1. The number of carbonyl (C=O) groups is 3. The summed E-state index contributed by atoms with van der Waals surface area (Å²) in [7, 11) is 0. The van der Waals surface area contributed by atoms with Crippen molar-refractivity contribution in [3.63, 3.8) is 0 Å². The Morgan fingerprint density at radius 3 is 2.39 bits per heavy atom. The standard InChI is InChI=1S/C25H28O8/c1-10-11-6-5-7-13(26)17(11)21(30)19-16(10)20(29)12-8-14(27)18(15(28)9-24(2,3)4)22(31)25(12,33)23(19)32/h5-7,10,12,16,20,26,29-31,33H,8-9H2,1-4H3/t10-,12+,16+,20+,25+/m0/s1. The molecule has 1 aromatic carbocycles. The van der Waals surface area contributed by atoms with E-state index < -0.39 is 75.7 Å². The SMILES string of the molecule is C[C@H]1c2cccc(O)c2C(O)=C2C(=O)[C@]3(O)C(O)=C(C(=O)CC(C)(C)C)C(=O)C[C@@H]3[C@@H](O)[C@@H]21. The third-order valence-electron chi connectivity index (χ3n) is 7.09. The van der Waals surface area contributed by atoms with E-state index in [9.17, 15) is 39.9 Å². The van der Waals surface area contributed by atoms with Crippen LogP contribution in [0.15, 0.2) is 35.1 Å². The average molecular weight is 456 g/mol.